The number of nitrogens with one attached hydrogen (secondary N) is 1. The molecule has 0 radical (unpaired) electrons. The van der Waals surface area contributed by atoms with Crippen LogP contribution in [0.1, 0.15) is 30.9 Å². The topological polar surface area (TPSA) is 81.2 Å². The zero-order valence-corrected chi connectivity index (χ0v) is 10.3. The van der Waals surface area contributed by atoms with Gasteiger partial charge in [-0.05, 0) is 32.6 Å². The second-order valence-electron chi connectivity index (χ2n) is 4.30. The monoisotopic (exact) mass is 252 g/mol. The van der Waals surface area contributed by atoms with E-state index in [0.717, 1.165) is 17.5 Å². The van der Waals surface area contributed by atoms with Crippen molar-refractivity contribution < 1.29 is 9.53 Å². The molecule has 2 rings (SSSR count). The lowest BCUT2D eigenvalue weighted by Crippen LogP contribution is -2.38. The summed E-state index contributed by atoms with van der Waals surface area (Å²) in [6.45, 7) is 1.70. The minimum absolute atomic E-state index is 0.241. The number of nitrogens with zero attached hydrogens (tertiary/aromatic N) is 1. The van der Waals surface area contributed by atoms with Crippen molar-refractivity contribution in [2.75, 3.05) is 6.61 Å². The molecule has 0 aliphatic heterocycles. The van der Waals surface area contributed by atoms with E-state index in [1.54, 1.807) is 6.92 Å². The molecule has 1 aromatic rings. The summed E-state index contributed by atoms with van der Waals surface area (Å²) < 4.78 is 5.81. The van der Waals surface area contributed by atoms with Crippen LogP contribution in [0.3, 0.4) is 0 Å². The van der Waals surface area contributed by atoms with E-state index in [-0.39, 0.29) is 24.3 Å². The fourth-order valence-electron chi connectivity index (χ4n) is 2.24. The average Bonchev–Trinajstić information content (AvgIpc) is 2.36. The summed E-state index contributed by atoms with van der Waals surface area (Å²) in [5.41, 5.74) is 0.576. The van der Waals surface area contributed by atoms with Crippen LogP contribution >= 0.6 is 0 Å². The van der Waals surface area contributed by atoms with Crippen molar-refractivity contribution in [1.82, 2.24) is 9.78 Å². The number of carbonyl (C=O) groups is 1. The van der Waals surface area contributed by atoms with Crippen molar-refractivity contribution in [3.63, 3.8) is 0 Å². The predicted octanol–water partition coefficient (Wildman–Crippen LogP) is -0.0215. The molecule has 6 heteroatoms. The molecule has 6 nitrogen and oxygen atoms in total. The number of ether oxygens (including phenoxy) is 1. The van der Waals surface area contributed by atoms with Crippen LogP contribution in [0.5, 0.6) is 0 Å². The fourth-order valence-corrected chi connectivity index (χ4v) is 2.24. The number of rotatable bonds is 3. The van der Waals surface area contributed by atoms with Crippen molar-refractivity contribution in [2.24, 2.45) is 0 Å². The summed E-state index contributed by atoms with van der Waals surface area (Å²) in [6.07, 6.45) is 3.09. The molecule has 18 heavy (non-hydrogen) atoms. The Labute approximate surface area is 104 Å². The highest BCUT2D eigenvalue weighted by Crippen LogP contribution is 2.13. The van der Waals surface area contributed by atoms with E-state index < -0.39 is 5.97 Å². The smallest absolute Gasteiger partial charge is 0.327 e. The first kappa shape index (κ1) is 12.6. The van der Waals surface area contributed by atoms with E-state index in [2.05, 4.69) is 5.10 Å². The second kappa shape index (κ2) is 5.20. The van der Waals surface area contributed by atoms with Gasteiger partial charge >= 0.3 is 5.97 Å². The first-order chi connectivity index (χ1) is 8.63. The number of hydrogen-bond donors (Lipinski definition) is 1. The number of H-pyrrole nitrogens is 1. The van der Waals surface area contributed by atoms with Crippen LogP contribution in [0.2, 0.25) is 0 Å². The van der Waals surface area contributed by atoms with Crippen LogP contribution in [0.25, 0.3) is 0 Å². The van der Waals surface area contributed by atoms with Crippen LogP contribution in [0.4, 0.5) is 0 Å². The quantitative estimate of drug-likeness (QED) is 0.766. The number of aromatic nitrogens is 2. The van der Waals surface area contributed by atoms with Crippen molar-refractivity contribution in [3.05, 3.63) is 31.8 Å². The molecule has 0 fully saturated rings. The molecule has 0 unspecified atom stereocenters. The van der Waals surface area contributed by atoms with Crippen LogP contribution in [0, 0.1) is 0 Å². The van der Waals surface area contributed by atoms with E-state index in [4.69, 9.17) is 4.74 Å². The van der Waals surface area contributed by atoms with Gasteiger partial charge in [0.1, 0.15) is 6.54 Å². The zero-order valence-electron chi connectivity index (χ0n) is 10.3. The molecule has 1 aliphatic carbocycles. The first-order valence-corrected chi connectivity index (χ1v) is 6.14. The van der Waals surface area contributed by atoms with Crippen molar-refractivity contribution >= 4 is 5.97 Å². The molecule has 1 aromatic heterocycles. The molecule has 0 aromatic carbocycles. The van der Waals surface area contributed by atoms with E-state index in [9.17, 15) is 14.4 Å². The normalized spacial score (nSPS) is 14.1. The zero-order chi connectivity index (χ0) is 13.1. The van der Waals surface area contributed by atoms with E-state index in [1.165, 1.54) is 0 Å². The maximum atomic E-state index is 12.1. The summed E-state index contributed by atoms with van der Waals surface area (Å²) in [4.78, 5) is 35.2. The third kappa shape index (κ3) is 2.37. The second-order valence-corrected chi connectivity index (χ2v) is 4.30. The Morgan fingerprint density at radius 2 is 1.94 bits per heavy atom. The summed E-state index contributed by atoms with van der Waals surface area (Å²) in [6, 6.07) is 0. The third-order valence-corrected chi connectivity index (χ3v) is 3.07. The Morgan fingerprint density at radius 1 is 1.28 bits per heavy atom. The summed E-state index contributed by atoms with van der Waals surface area (Å²) >= 11 is 0. The highest BCUT2D eigenvalue weighted by atomic mass is 16.5. The standard InChI is InChI=1S/C12H16N2O4/c1-2-18-10(15)7-14-12(17)9-6-4-3-5-8(9)11(16)13-14/h2-7H2,1H3,(H,13,16). The van der Waals surface area contributed by atoms with E-state index in [1.807, 2.05) is 0 Å². The maximum Gasteiger partial charge on any atom is 0.327 e. The number of fused-ring (bicyclic) bond motifs is 1. The Hall–Kier alpha value is -1.85. The van der Waals surface area contributed by atoms with Crippen molar-refractivity contribution in [2.45, 2.75) is 39.2 Å². The number of esters is 1. The minimum atomic E-state index is -0.522. The van der Waals surface area contributed by atoms with Gasteiger partial charge in [0, 0.05) is 11.1 Å². The molecule has 0 atom stereocenters. The maximum absolute atomic E-state index is 12.1. The van der Waals surface area contributed by atoms with Gasteiger partial charge in [0.05, 0.1) is 6.61 Å². The van der Waals surface area contributed by atoms with Gasteiger partial charge in [0.2, 0.25) is 0 Å². The Kier molecular flexibility index (Phi) is 3.64. The van der Waals surface area contributed by atoms with Crippen molar-refractivity contribution in [3.8, 4) is 0 Å². The molecule has 0 bridgehead atoms. The molecule has 98 valence electrons. The van der Waals surface area contributed by atoms with Gasteiger partial charge in [0.15, 0.2) is 0 Å². The molecular weight excluding hydrogens is 236 g/mol. The molecule has 0 amide bonds. The lowest BCUT2D eigenvalue weighted by atomic mass is 9.94. The van der Waals surface area contributed by atoms with Gasteiger partial charge in [-0.25, -0.2) is 4.68 Å². The highest BCUT2D eigenvalue weighted by molar-refractivity contribution is 5.68. The third-order valence-electron chi connectivity index (χ3n) is 3.07. The fraction of sp³-hybridized carbons (Fsp3) is 0.583. The Morgan fingerprint density at radius 3 is 2.61 bits per heavy atom. The van der Waals surface area contributed by atoms with Gasteiger partial charge < -0.3 is 4.74 Å². The van der Waals surface area contributed by atoms with Crippen LogP contribution in [-0.4, -0.2) is 22.4 Å². The lowest BCUT2D eigenvalue weighted by Gasteiger charge is -2.15. The van der Waals surface area contributed by atoms with Gasteiger partial charge in [-0.3, -0.25) is 19.5 Å². The Balaban J connectivity index is 2.38. The molecule has 1 heterocycles. The van der Waals surface area contributed by atoms with Gasteiger partial charge in [-0.1, -0.05) is 0 Å². The van der Waals surface area contributed by atoms with Crippen LogP contribution in [0.15, 0.2) is 9.59 Å². The van der Waals surface area contributed by atoms with Gasteiger partial charge in [-0.2, -0.15) is 0 Å². The molecule has 0 saturated heterocycles. The summed E-state index contributed by atoms with van der Waals surface area (Å²) in [5, 5.41) is 2.44. The Bertz CT molecular complexity index is 570. The van der Waals surface area contributed by atoms with Crippen LogP contribution in [-0.2, 0) is 28.9 Å². The number of carbonyl (C=O) groups excluding carboxylic acids is 1. The van der Waals surface area contributed by atoms with Crippen molar-refractivity contribution in [1.29, 1.82) is 0 Å². The minimum Gasteiger partial charge on any atom is -0.465 e. The van der Waals surface area contributed by atoms with E-state index >= 15 is 0 Å². The number of aromatic amines is 1. The van der Waals surface area contributed by atoms with Crippen LogP contribution < -0.4 is 11.1 Å². The molecule has 1 aliphatic rings. The molecule has 0 saturated carbocycles. The van der Waals surface area contributed by atoms with E-state index in [0.29, 0.717) is 24.0 Å². The highest BCUT2D eigenvalue weighted by Gasteiger charge is 2.19. The first-order valence-electron chi connectivity index (χ1n) is 6.14. The molecular formula is C12H16N2O4. The summed E-state index contributed by atoms with van der Waals surface area (Å²) in [5.74, 6) is -0.522. The summed E-state index contributed by atoms with van der Waals surface area (Å²) in [7, 11) is 0. The average molecular weight is 252 g/mol. The SMILES string of the molecule is CCOC(=O)Cn1[nH]c(=O)c2c(c1=O)CCCC2. The van der Waals surface area contributed by atoms with Gasteiger partial charge in [-0.15, -0.1) is 0 Å². The lowest BCUT2D eigenvalue weighted by molar-refractivity contribution is -0.144. The molecule has 1 N–H and O–H groups in total. The van der Waals surface area contributed by atoms with Gasteiger partial charge in [0.25, 0.3) is 11.1 Å². The number of hydrogen-bond acceptors (Lipinski definition) is 4. The molecule has 0 spiro atoms. The predicted molar refractivity (Wildman–Crippen MR) is 64.6 cm³/mol. The largest absolute Gasteiger partial charge is 0.465 e.